The second-order valence-corrected chi connectivity index (χ2v) is 4.30. The van der Waals surface area contributed by atoms with Gasteiger partial charge in [-0.25, -0.2) is 9.37 Å². The van der Waals surface area contributed by atoms with E-state index in [1.807, 2.05) is 0 Å². The lowest BCUT2D eigenvalue weighted by molar-refractivity contribution is 0.102. The molecule has 2 heterocycles. The monoisotopic (exact) mass is 301 g/mol. The van der Waals surface area contributed by atoms with Crippen LogP contribution in [0, 0.1) is 11.8 Å². The van der Waals surface area contributed by atoms with E-state index in [-0.39, 0.29) is 11.4 Å². The number of halogens is 2. The van der Waals surface area contributed by atoms with E-state index in [0.29, 0.717) is 5.69 Å². The molecule has 0 aliphatic carbocycles. The fourth-order valence-electron chi connectivity index (χ4n) is 1.83. The third-order valence-corrected chi connectivity index (χ3v) is 2.87. The van der Waals surface area contributed by atoms with Crippen molar-refractivity contribution in [3.8, 4) is 5.69 Å². The number of hydrogen-bond acceptors (Lipinski definition) is 4. The molecule has 110 valence electrons. The molecule has 0 fully saturated rings. The molecule has 0 saturated carbocycles. The number of amides is 1. The Morgan fingerprint density at radius 3 is 2.64 bits per heavy atom. The summed E-state index contributed by atoms with van der Waals surface area (Å²) in [5, 5.41) is 9.98. The van der Waals surface area contributed by atoms with Gasteiger partial charge in [0.1, 0.15) is 5.82 Å². The Morgan fingerprint density at radius 2 is 1.91 bits per heavy atom. The number of pyridine rings is 1. The smallest absolute Gasteiger partial charge is 0.261 e. The lowest BCUT2D eigenvalue weighted by atomic mass is 10.2. The molecule has 6 nitrogen and oxygen atoms in total. The predicted octanol–water partition coefficient (Wildman–Crippen LogP) is 2.19. The second-order valence-electron chi connectivity index (χ2n) is 4.30. The standard InChI is InChI=1S/C14H9F2N5O/c15-9-3-5-10(6-4-9)21-12(8-18-20-21)19-14(22)11-2-1-7-17-13(11)16/h1-8H,(H,19,22). The van der Waals surface area contributed by atoms with Gasteiger partial charge in [-0.15, -0.1) is 5.10 Å². The Morgan fingerprint density at radius 1 is 1.14 bits per heavy atom. The van der Waals surface area contributed by atoms with Gasteiger partial charge in [-0.05, 0) is 36.4 Å². The summed E-state index contributed by atoms with van der Waals surface area (Å²) in [4.78, 5) is 15.5. The third-order valence-electron chi connectivity index (χ3n) is 2.87. The van der Waals surface area contributed by atoms with Crippen LogP contribution in [0.3, 0.4) is 0 Å². The highest BCUT2D eigenvalue weighted by atomic mass is 19.1. The first kappa shape index (κ1) is 13.8. The Labute approximate surface area is 123 Å². The van der Waals surface area contributed by atoms with Crippen LogP contribution in [0.1, 0.15) is 10.4 Å². The number of carbonyl (C=O) groups excluding carboxylic acids is 1. The van der Waals surface area contributed by atoms with Crippen molar-refractivity contribution in [2.24, 2.45) is 0 Å². The van der Waals surface area contributed by atoms with Gasteiger partial charge in [-0.3, -0.25) is 4.79 Å². The number of carbonyl (C=O) groups is 1. The molecule has 0 radical (unpaired) electrons. The lowest BCUT2D eigenvalue weighted by Crippen LogP contribution is -2.17. The molecular weight excluding hydrogens is 292 g/mol. The summed E-state index contributed by atoms with van der Waals surface area (Å²) < 4.78 is 27.7. The maximum atomic E-state index is 13.5. The van der Waals surface area contributed by atoms with Crippen LogP contribution in [0.5, 0.6) is 0 Å². The summed E-state index contributed by atoms with van der Waals surface area (Å²) in [6.45, 7) is 0. The van der Waals surface area contributed by atoms with E-state index >= 15 is 0 Å². The Balaban J connectivity index is 1.88. The van der Waals surface area contributed by atoms with Crippen LogP contribution in [-0.4, -0.2) is 25.9 Å². The second kappa shape index (κ2) is 5.68. The molecule has 22 heavy (non-hydrogen) atoms. The van der Waals surface area contributed by atoms with Gasteiger partial charge in [-0.1, -0.05) is 5.21 Å². The summed E-state index contributed by atoms with van der Waals surface area (Å²) in [6, 6.07) is 8.22. The summed E-state index contributed by atoms with van der Waals surface area (Å²) in [5.41, 5.74) is 0.301. The van der Waals surface area contributed by atoms with Gasteiger partial charge < -0.3 is 5.32 Å². The molecular formula is C14H9F2N5O. The number of anilines is 1. The van der Waals surface area contributed by atoms with E-state index in [0.717, 1.165) is 0 Å². The highest BCUT2D eigenvalue weighted by Gasteiger charge is 2.15. The number of nitrogens with zero attached hydrogens (tertiary/aromatic N) is 4. The minimum atomic E-state index is -0.874. The number of nitrogens with one attached hydrogen (secondary N) is 1. The van der Waals surface area contributed by atoms with Gasteiger partial charge >= 0.3 is 0 Å². The van der Waals surface area contributed by atoms with Gasteiger partial charge in [0.15, 0.2) is 5.82 Å². The normalized spacial score (nSPS) is 10.5. The minimum absolute atomic E-state index is 0.200. The van der Waals surface area contributed by atoms with Crippen molar-refractivity contribution in [2.45, 2.75) is 0 Å². The first-order chi connectivity index (χ1) is 10.6. The van der Waals surface area contributed by atoms with E-state index in [1.165, 1.54) is 53.5 Å². The molecule has 0 aliphatic heterocycles. The zero-order chi connectivity index (χ0) is 15.5. The first-order valence-corrected chi connectivity index (χ1v) is 6.23. The average Bonchev–Trinajstić information content (AvgIpc) is 2.96. The van der Waals surface area contributed by atoms with Crippen LogP contribution in [0.4, 0.5) is 14.6 Å². The highest BCUT2D eigenvalue weighted by molar-refractivity contribution is 6.03. The van der Waals surface area contributed by atoms with Crippen molar-refractivity contribution in [3.63, 3.8) is 0 Å². The summed E-state index contributed by atoms with van der Waals surface area (Å²) in [5.74, 6) is -1.73. The van der Waals surface area contributed by atoms with Crippen LogP contribution in [-0.2, 0) is 0 Å². The number of rotatable bonds is 3. The summed E-state index contributed by atoms with van der Waals surface area (Å²) in [6.07, 6.45) is 2.55. The molecule has 1 aromatic carbocycles. The molecule has 3 aromatic rings. The van der Waals surface area contributed by atoms with Gasteiger partial charge in [0, 0.05) is 6.20 Å². The van der Waals surface area contributed by atoms with Crippen LogP contribution in [0.2, 0.25) is 0 Å². The lowest BCUT2D eigenvalue weighted by Gasteiger charge is -2.08. The molecule has 2 aromatic heterocycles. The van der Waals surface area contributed by atoms with Crippen molar-refractivity contribution in [3.05, 3.63) is 66.1 Å². The number of aromatic nitrogens is 4. The van der Waals surface area contributed by atoms with Crippen molar-refractivity contribution < 1.29 is 13.6 Å². The number of hydrogen-bond donors (Lipinski definition) is 1. The fourth-order valence-corrected chi connectivity index (χ4v) is 1.83. The quantitative estimate of drug-likeness (QED) is 0.753. The average molecular weight is 301 g/mol. The van der Waals surface area contributed by atoms with Gasteiger partial charge in [-0.2, -0.15) is 9.07 Å². The van der Waals surface area contributed by atoms with Crippen molar-refractivity contribution in [1.29, 1.82) is 0 Å². The van der Waals surface area contributed by atoms with Gasteiger partial charge in [0.25, 0.3) is 5.91 Å². The Kier molecular flexibility index (Phi) is 3.57. The molecule has 0 atom stereocenters. The van der Waals surface area contributed by atoms with E-state index < -0.39 is 17.7 Å². The van der Waals surface area contributed by atoms with E-state index in [1.54, 1.807) is 0 Å². The van der Waals surface area contributed by atoms with E-state index in [9.17, 15) is 13.6 Å². The van der Waals surface area contributed by atoms with Crippen LogP contribution in [0.25, 0.3) is 5.69 Å². The Hall–Kier alpha value is -3.16. The van der Waals surface area contributed by atoms with Crippen molar-refractivity contribution in [1.82, 2.24) is 20.0 Å². The minimum Gasteiger partial charge on any atom is -0.305 e. The van der Waals surface area contributed by atoms with E-state index in [2.05, 4.69) is 20.6 Å². The highest BCUT2D eigenvalue weighted by Crippen LogP contribution is 2.15. The molecule has 1 amide bonds. The maximum absolute atomic E-state index is 13.5. The maximum Gasteiger partial charge on any atom is 0.261 e. The summed E-state index contributed by atoms with van der Waals surface area (Å²) in [7, 11) is 0. The van der Waals surface area contributed by atoms with Gasteiger partial charge in [0.05, 0.1) is 17.4 Å². The molecule has 3 rings (SSSR count). The first-order valence-electron chi connectivity index (χ1n) is 6.23. The molecule has 0 aliphatic rings. The predicted molar refractivity (Wildman–Crippen MR) is 73.5 cm³/mol. The largest absolute Gasteiger partial charge is 0.305 e. The molecule has 8 heteroatoms. The molecule has 0 spiro atoms. The fraction of sp³-hybridized carbons (Fsp3) is 0. The molecule has 1 N–H and O–H groups in total. The molecule has 0 bridgehead atoms. The molecule has 0 unspecified atom stereocenters. The zero-order valence-electron chi connectivity index (χ0n) is 11.1. The third kappa shape index (κ3) is 2.66. The van der Waals surface area contributed by atoms with Crippen LogP contribution < -0.4 is 5.32 Å². The Bertz CT molecular complexity index is 816. The zero-order valence-corrected chi connectivity index (χ0v) is 11.1. The van der Waals surface area contributed by atoms with Crippen LogP contribution >= 0.6 is 0 Å². The van der Waals surface area contributed by atoms with Crippen molar-refractivity contribution >= 4 is 11.7 Å². The van der Waals surface area contributed by atoms with Crippen LogP contribution in [0.15, 0.2) is 48.8 Å². The van der Waals surface area contributed by atoms with E-state index in [4.69, 9.17) is 0 Å². The van der Waals surface area contributed by atoms with Gasteiger partial charge in [0.2, 0.25) is 5.95 Å². The number of benzene rings is 1. The summed E-state index contributed by atoms with van der Waals surface area (Å²) >= 11 is 0. The SMILES string of the molecule is O=C(Nc1cnnn1-c1ccc(F)cc1)c1cccnc1F. The molecule has 0 saturated heterocycles. The topological polar surface area (TPSA) is 72.7 Å². The van der Waals surface area contributed by atoms with Crippen molar-refractivity contribution in [2.75, 3.05) is 5.32 Å².